The van der Waals surface area contributed by atoms with Crippen LogP contribution in [0.25, 0.3) is 0 Å². The highest BCUT2D eigenvalue weighted by Crippen LogP contribution is 2.29. The zero-order valence-corrected chi connectivity index (χ0v) is 11.2. The van der Waals surface area contributed by atoms with E-state index >= 15 is 0 Å². The molecule has 0 aliphatic carbocycles. The maximum Gasteiger partial charge on any atom is 0.345 e. The minimum atomic E-state index is -0.497. The first-order valence-corrected chi connectivity index (χ1v) is 6.17. The van der Waals surface area contributed by atoms with E-state index in [1.54, 1.807) is 0 Å². The van der Waals surface area contributed by atoms with Gasteiger partial charge in [-0.15, -0.1) is 10.2 Å². The Morgan fingerprint density at radius 1 is 1.26 bits per heavy atom. The molecule has 0 saturated heterocycles. The van der Waals surface area contributed by atoms with E-state index in [1.165, 1.54) is 6.20 Å². The molecule has 0 spiro atoms. The van der Waals surface area contributed by atoms with Gasteiger partial charge in [-0.2, -0.15) is 0 Å². The highest BCUT2D eigenvalue weighted by Gasteiger charge is 2.10. The summed E-state index contributed by atoms with van der Waals surface area (Å²) in [5.74, 6) is 0. The molecule has 0 unspecified atom stereocenters. The van der Waals surface area contributed by atoms with Crippen LogP contribution in [0.2, 0.25) is 0 Å². The molecule has 0 aliphatic heterocycles. The molecule has 7 nitrogen and oxygen atoms in total. The number of thiazole rings is 1. The Morgan fingerprint density at radius 2 is 1.95 bits per heavy atom. The molecule has 19 heavy (non-hydrogen) atoms. The fourth-order valence-electron chi connectivity index (χ4n) is 1.31. The highest BCUT2D eigenvalue weighted by atomic mass is 32.1. The van der Waals surface area contributed by atoms with Gasteiger partial charge in [0.1, 0.15) is 6.20 Å². The molecule has 0 N–H and O–H groups in total. The average molecular weight is 277 g/mol. The van der Waals surface area contributed by atoms with Crippen molar-refractivity contribution in [3.8, 4) is 0 Å². The maximum atomic E-state index is 10.5. The van der Waals surface area contributed by atoms with E-state index in [1.807, 2.05) is 43.3 Å². The lowest BCUT2D eigenvalue weighted by Crippen LogP contribution is -2.07. The topological polar surface area (TPSA) is 84.0 Å². The Kier molecular flexibility index (Phi) is 3.81. The molecule has 0 radical (unpaired) electrons. The minimum absolute atomic E-state index is 0.0445. The van der Waals surface area contributed by atoms with Gasteiger partial charge in [-0.05, 0) is 35.6 Å². The minimum Gasteiger partial charge on any atom is -0.378 e. The number of benzene rings is 1. The first-order valence-electron chi connectivity index (χ1n) is 5.35. The predicted molar refractivity (Wildman–Crippen MR) is 73.7 cm³/mol. The molecule has 0 bridgehead atoms. The fourth-order valence-corrected chi connectivity index (χ4v) is 1.86. The summed E-state index contributed by atoms with van der Waals surface area (Å²) < 4.78 is 0. The van der Waals surface area contributed by atoms with Gasteiger partial charge >= 0.3 is 5.00 Å². The number of nitro groups is 1. The van der Waals surface area contributed by atoms with Gasteiger partial charge in [0.25, 0.3) is 0 Å². The first-order chi connectivity index (χ1) is 9.06. The van der Waals surface area contributed by atoms with Gasteiger partial charge in [0.15, 0.2) is 0 Å². The third-order valence-corrected chi connectivity index (χ3v) is 3.11. The van der Waals surface area contributed by atoms with Crippen LogP contribution < -0.4 is 4.90 Å². The monoisotopic (exact) mass is 277 g/mol. The molecule has 8 heteroatoms. The number of anilines is 1. The summed E-state index contributed by atoms with van der Waals surface area (Å²) in [5.41, 5.74) is 1.73. The zero-order chi connectivity index (χ0) is 13.8. The maximum absolute atomic E-state index is 10.5. The van der Waals surface area contributed by atoms with Crippen molar-refractivity contribution in [2.75, 3.05) is 19.0 Å². The number of hydrogen-bond acceptors (Lipinski definition) is 7. The van der Waals surface area contributed by atoms with E-state index in [9.17, 15) is 10.1 Å². The van der Waals surface area contributed by atoms with Crippen molar-refractivity contribution < 1.29 is 4.92 Å². The average Bonchev–Trinajstić information content (AvgIpc) is 2.86. The van der Waals surface area contributed by atoms with Crippen LogP contribution in [0.1, 0.15) is 0 Å². The van der Waals surface area contributed by atoms with Crippen LogP contribution in [-0.4, -0.2) is 24.0 Å². The molecular weight excluding hydrogens is 266 g/mol. The second kappa shape index (κ2) is 5.53. The van der Waals surface area contributed by atoms with Crippen LogP contribution in [0.5, 0.6) is 0 Å². The van der Waals surface area contributed by atoms with Gasteiger partial charge in [0.2, 0.25) is 5.13 Å². The van der Waals surface area contributed by atoms with Crippen LogP contribution in [0, 0.1) is 10.1 Å². The fraction of sp³-hybridized carbons (Fsp3) is 0.182. The van der Waals surface area contributed by atoms with Crippen LogP contribution in [-0.2, 0) is 0 Å². The quantitative estimate of drug-likeness (QED) is 0.486. The molecule has 2 rings (SSSR count). The van der Waals surface area contributed by atoms with Gasteiger partial charge in [-0.3, -0.25) is 10.1 Å². The second-order valence-corrected chi connectivity index (χ2v) is 4.84. The van der Waals surface area contributed by atoms with E-state index in [4.69, 9.17) is 0 Å². The number of rotatable bonds is 4. The second-order valence-electron chi connectivity index (χ2n) is 3.85. The van der Waals surface area contributed by atoms with Crippen molar-refractivity contribution >= 4 is 32.8 Å². The van der Waals surface area contributed by atoms with Crippen LogP contribution in [0.4, 0.5) is 21.5 Å². The molecule has 1 aromatic carbocycles. The molecule has 0 saturated carbocycles. The van der Waals surface area contributed by atoms with E-state index in [0.717, 1.165) is 17.0 Å². The predicted octanol–water partition coefficient (Wildman–Crippen LogP) is 3.53. The van der Waals surface area contributed by atoms with Crippen LogP contribution >= 0.6 is 11.3 Å². The summed E-state index contributed by atoms with van der Waals surface area (Å²) in [6, 6.07) is 7.47. The molecule has 0 atom stereocenters. The van der Waals surface area contributed by atoms with Gasteiger partial charge in [0.05, 0.1) is 10.6 Å². The zero-order valence-electron chi connectivity index (χ0n) is 10.3. The van der Waals surface area contributed by atoms with E-state index < -0.39 is 4.92 Å². The van der Waals surface area contributed by atoms with Crippen molar-refractivity contribution in [3.05, 3.63) is 40.6 Å². The molecule has 0 aliphatic rings. The lowest BCUT2D eigenvalue weighted by atomic mass is 10.3. The first kappa shape index (κ1) is 13.1. The summed E-state index contributed by atoms with van der Waals surface area (Å²) in [7, 11) is 3.90. The Labute approximate surface area is 113 Å². The summed E-state index contributed by atoms with van der Waals surface area (Å²) in [4.78, 5) is 15.8. The Morgan fingerprint density at radius 3 is 2.47 bits per heavy atom. The van der Waals surface area contributed by atoms with Crippen LogP contribution in [0.15, 0.2) is 40.7 Å². The molecule has 1 aromatic heterocycles. The molecule has 98 valence electrons. The van der Waals surface area contributed by atoms with E-state index in [2.05, 4.69) is 15.2 Å². The summed E-state index contributed by atoms with van der Waals surface area (Å²) >= 11 is 0.889. The number of azo groups is 1. The third-order valence-electron chi connectivity index (χ3n) is 2.28. The van der Waals surface area contributed by atoms with Crippen molar-refractivity contribution in [3.63, 3.8) is 0 Å². The molecule has 2 aromatic rings. The number of hydrogen-bond donors (Lipinski definition) is 0. The lowest BCUT2D eigenvalue weighted by Gasteiger charge is -2.11. The third kappa shape index (κ3) is 3.32. The molecule has 1 heterocycles. The number of nitrogens with zero attached hydrogens (tertiary/aromatic N) is 5. The summed E-state index contributed by atoms with van der Waals surface area (Å²) in [6.45, 7) is 0. The lowest BCUT2D eigenvalue weighted by molar-refractivity contribution is -0.380. The SMILES string of the molecule is CN(C)c1ccc(N=Nc2ncc([N+](=O)[O-])s2)cc1. The molecule has 0 fully saturated rings. The van der Waals surface area contributed by atoms with Gasteiger partial charge < -0.3 is 4.90 Å². The normalized spacial score (nSPS) is 10.8. The van der Waals surface area contributed by atoms with E-state index in [-0.39, 0.29) is 10.1 Å². The van der Waals surface area contributed by atoms with Crippen molar-refractivity contribution in [1.29, 1.82) is 0 Å². The van der Waals surface area contributed by atoms with Crippen molar-refractivity contribution in [2.45, 2.75) is 0 Å². The van der Waals surface area contributed by atoms with Crippen molar-refractivity contribution in [2.24, 2.45) is 10.2 Å². The highest BCUT2D eigenvalue weighted by molar-refractivity contribution is 7.18. The number of aromatic nitrogens is 1. The molecular formula is C11H11N5O2S. The smallest absolute Gasteiger partial charge is 0.345 e. The van der Waals surface area contributed by atoms with Crippen LogP contribution in [0.3, 0.4) is 0 Å². The largest absolute Gasteiger partial charge is 0.378 e. The standard InChI is InChI=1S/C11H11N5O2S/c1-15(2)9-5-3-8(4-6-9)13-14-11-12-7-10(19-11)16(17)18/h3-7H,1-2H3. The Hall–Kier alpha value is -2.35. The van der Waals surface area contributed by atoms with Gasteiger partial charge in [0, 0.05) is 19.8 Å². The summed E-state index contributed by atoms with van der Waals surface area (Å²) in [5, 5.41) is 18.6. The van der Waals surface area contributed by atoms with Gasteiger partial charge in [-0.1, -0.05) is 0 Å². The Balaban J connectivity index is 2.11. The molecule has 0 amide bonds. The summed E-state index contributed by atoms with van der Waals surface area (Å²) in [6.07, 6.45) is 1.17. The Bertz CT molecular complexity index is 606. The van der Waals surface area contributed by atoms with E-state index in [0.29, 0.717) is 5.69 Å². The van der Waals surface area contributed by atoms with Gasteiger partial charge in [-0.25, -0.2) is 4.98 Å². The van der Waals surface area contributed by atoms with Crippen molar-refractivity contribution in [1.82, 2.24) is 4.98 Å².